The van der Waals surface area contributed by atoms with Gasteiger partial charge in [-0.3, -0.25) is 9.80 Å². The van der Waals surface area contributed by atoms with E-state index in [0.29, 0.717) is 6.04 Å². The average molecular weight is 374 g/mol. The van der Waals surface area contributed by atoms with Crippen molar-refractivity contribution >= 4 is 11.7 Å². The lowest BCUT2D eigenvalue weighted by Gasteiger charge is -2.34. The zero-order valence-electron chi connectivity index (χ0n) is 17.1. The molecule has 2 saturated heterocycles. The van der Waals surface area contributed by atoms with Crippen molar-refractivity contribution < 1.29 is 4.79 Å². The highest BCUT2D eigenvalue weighted by Crippen LogP contribution is 2.15. The number of nitrogens with zero attached hydrogens (tertiary/aromatic N) is 3. The number of piperazine rings is 1. The lowest BCUT2D eigenvalue weighted by molar-refractivity contribution is 0.132. The first-order valence-corrected chi connectivity index (χ1v) is 10.4. The van der Waals surface area contributed by atoms with Crippen LogP contribution in [0, 0.1) is 0 Å². The van der Waals surface area contributed by atoms with Crippen LogP contribution in [0.5, 0.6) is 0 Å². The quantitative estimate of drug-likeness (QED) is 0.804. The molecule has 2 N–H and O–H groups in total. The molecule has 150 valence electrons. The van der Waals surface area contributed by atoms with Gasteiger partial charge in [-0.05, 0) is 44.5 Å². The Balaban J connectivity index is 1.42. The Morgan fingerprint density at radius 2 is 1.74 bits per heavy atom. The number of carbonyl (C=O) groups is 1. The van der Waals surface area contributed by atoms with Crippen molar-refractivity contribution in [3.05, 3.63) is 29.8 Å². The molecule has 0 spiro atoms. The minimum atomic E-state index is -0.103. The van der Waals surface area contributed by atoms with Crippen LogP contribution in [0.2, 0.25) is 0 Å². The standard InChI is InChI=1S/C21H35N5O/c1-4-24-11-13-25(14-12-24)15-18-5-7-19(8-6-18)22-21(27)23-20-9-10-26(16-20)17(2)3/h5-8,17,20H,4,9-16H2,1-3H3,(H2,22,23,27). The van der Waals surface area contributed by atoms with Gasteiger partial charge in [0.05, 0.1) is 0 Å². The summed E-state index contributed by atoms with van der Waals surface area (Å²) in [6.45, 7) is 15.3. The second-order valence-electron chi connectivity index (χ2n) is 8.08. The average Bonchev–Trinajstić information content (AvgIpc) is 3.12. The fraction of sp³-hybridized carbons (Fsp3) is 0.667. The van der Waals surface area contributed by atoms with E-state index in [9.17, 15) is 4.79 Å². The number of hydrogen-bond donors (Lipinski definition) is 2. The number of amides is 2. The zero-order chi connectivity index (χ0) is 19.2. The lowest BCUT2D eigenvalue weighted by atomic mass is 10.2. The fourth-order valence-electron chi connectivity index (χ4n) is 3.94. The van der Waals surface area contributed by atoms with Gasteiger partial charge in [0.1, 0.15) is 0 Å². The summed E-state index contributed by atoms with van der Waals surface area (Å²) in [5.74, 6) is 0. The Labute approximate surface area is 163 Å². The molecular formula is C21H35N5O. The van der Waals surface area contributed by atoms with Crippen molar-refractivity contribution in [2.75, 3.05) is 51.1 Å². The summed E-state index contributed by atoms with van der Waals surface area (Å²) in [4.78, 5) is 19.6. The molecule has 1 unspecified atom stereocenters. The maximum absolute atomic E-state index is 12.3. The van der Waals surface area contributed by atoms with Crippen LogP contribution in [0.3, 0.4) is 0 Å². The van der Waals surface area contributed by atoms with Crippen molar-refractivity contribution in [1.29, 1.82) is 0 Å². The van der Waals surface area contributed by atoms with Crippen molar-refractivity contribution in [2.45, 2.75) is 45.8 Å². The summed E-state index contributed by atoms with van der Waals surface area (Å²) < 4.78 is 0. The smallest absolute Gasteiger partial charge is 0.319 e. The van der Waals surface area contributed by atoms with Crippen LogP contribution in [-0.4, -0.2) is 78.6 Å². The van der Waals surface area contributed by atoms with Gasteiger partial charge in [0.2, 0.25) is 0 Å². The normalized spacial score (nSPS) is 22.3. The van der Waals surface area contributed by atoms with Gasteiger partial charge in [-0.1, -0.05) is 19.1 Å². The molecule has 2 heterocycles. The topological polar surface area (TPSA) is 50.9 Å². The molecule has 0 radical (unpaired) electrons. The predicted molar refractivity (Wildman–Crippen MR) is 111 cm³/mol. The summed E-state index contributed by atoms with van der Waals surface area (Å²) in [7, 11) is 0. The summed E-state index contributed by atoms with van der Waals surface area (Å²) >= 11 is 0. The Hall–Kier alpha value is -1.63. The Morgan fingerprint density at radius 3 is 2.33 bits per heavy atom. The molecule has 1 aromatic rings. The SMILES string of the molecule is CCN1CCN(Cc2ccc(NC(=O)NC3CCN(C(C)C)C3)cc2)CC1. The van der Waals surface area contributed by atoms with Crippen molar-refractivity contribution in [2.24, 2.45) is 0 Å². The minimum absolute atomic E-state index is 0.103. The highest BCUT2D eigenvalue weighted by molar-refractivity contribution is 5.89. The first kappa shape index (κ1) is 20.1. The van der Waals surface area contributed by atoms with Crippen molar-refractivity contribution in [1.82, 2.24) is 20.0 Å². The number of likely N-dealkylation sites (tertiary alicyclic amines) is 1. The van der Waals surface area contributed by atoms with Gasteiger partial charge < -0.3 is 15.5 Å². The van der Waals surface area contributed by atoms with Gasteiger partial charge in [0.15, 0.2) is 0 Å². The third kappa shape index (κ3) is 5.92. The van der Waals surface area contributed by atoms with E-state index in [1.165, 1.54) is 5.56 Å². The van der Waals surface area contributed by atoms with E-state index in [2.05, 4.69) is 58.2 Å². The van der Waals surface area contributed by atoms with Crippen LogP contribution in [0.15, 0.2) is 24.3 Å². The van der Waals surface area contributed by atoms with Gasteiger partial charge in [-0.15, -0.1) is 0 Å². The Kier molecular flexibility index (Phi) is 7.10. The molecule has 6 heteroatoms. The summed E-state index contributed by atoms with van der Waals surface area (Å²) in [6, 6.07) is 8.94. The molecule has 0 saturated carbocycles. The van der Waals surface area contributed by atoms with Crippen LogP contribution < -0.4 is 10.6 Å². The second kappa shape index (κ2) is 9.53. The number of rotatable bonds is 6. The second-order valence-corrected chi connectivity index (χ2v) is 8.08. The molecule has 0 aromatic heterocycles. The first-order chi connectivity index (χ1) is 13.0. The van der Waals surface area contributed by atoms with E-state index in [0.717, 1.165) is 64.5 Å². The molecule has 2 amide bonds. The third-order valence-corrected chi connectivity index (χ3v) is 5.82. The van der Waals surface area contributed by atoms with E-state index < -0.39 is 0 Å². The number of benzene rings is 1. The monoisotopic (exact) mass is 373 g/mol. The van der Waals surface area contributed by atoms with Crippen molar-refractivity contribution in [3.63, 3.8) is 0 Å². The van der Waals surface area contributed by atoms with Crippen LogP contribution in [0.1, 0.15) is 32.8 Å². The van der Waals surface area contributed by atoms with Crippen LogP contribution in [0.25, 0.3) is 0 Å². The number of carbonyl (C=O) groups excluding carboxylic acids is 1. The van der Waals surface area contributed by atoms with Gasteiger partial charge >= 0.3 is 6.03 Å². The van der Waals surface area contributed by atoms with Gasteiger partial charge in [-0.25, -0.2) is 4.79 Å². The number of nitrogens with one attached hydrogen (secondary N) is 2. The molecule has 1 aromatic carbocycles. The summed E-state index contributed by atoms with van der Waals surface area (Å²) in [5, 5.41) is 6.07. The number of likely N-dealkylation sites (N-methyl/N-ethyl adjacent to an activating group) is 1. The van der Waals surface area contributed by atoms with Gasteiger partial charge in [0, 0.05) is 63.6 Å². The van der Waals surface area contributed by atoms with E-state index in [-0.39, 0.29) is 12.1 Å². The van der Waals surface area contributed by atoms with Gasteiger partial charge in [-0.2, -0.15) is 0 Å². The van der Waals surface area contributed by atoms with Gasteiger partial charge in [0.25, 0.3) is 0 Å². The molecular weight excluding hydrogens is 338 g/mol. The number of hydrogen-bond acceptors (Lipinski definition) is 4. The molecule has 3 rings (SSSR count). The Bertz CT molecular complexity index is 595. The largest absolute Gasteiger partial charge is 0.334 e. The molecule has 0 bridgehead atoms. The molecule has 2 aliphatic heterocycles. The van der Waals surface area contributed by atoms with E-state index in [1.54, 1.807) is 0 Å². The Morgan fingerprint density at radius 1 is 1.07 bits per heavy atom. The molecule has 27 heavy (non-hydrogen) atoms. The molecule has 6 nitrogen and oxygen atoms in total. The lowest BCUT2D eigenvalue weighted by Crippen LogP contribution is -2.45. The zero-order valence-corrected chi connectivity index (χ0v) is 17.1. The van der Waals surface area contributed by atoms with Crippen LogP contribution >= 0.6 is 0 Å². The summed E-state index contributed by atoms with van der Waals surface area (Å²) in [6.07, 6.45) is 1.02. The summed E-state index contributed by atoms with van der Waals surface area (Å²) in [5.41, 5.74) is 2.15. The predicted octanol–water partition coefficient (Wildman–Crippen LogP) is 2.43. The van der Waals surface area contributed by atoms with Crippen LogP contribution in [-0.2, 0) is 6.54 Å². The fourth-order valence-corrected chi connectivity index (χ4v) is 3.94. The van der Waals surface area contributed by atoms with E-state index >= 15 is 0 Å². The highest BCUT2D eigenvalue weighted by Gasteiger charge is 2.25. The van der Waals surface area contributed by atoms with Crippen molar-refractivity contribution in [3.8, 4) is 0 Å². The molecule has 1 atom stereocenters. The maximum Gasteiger partial charge on any atom is 0.319 e. The molecule has 2 aliphatic rings. The van der Waals surface area contributed by atoms with E-state index in [1.807, 2.05) is 12.1 Å². The minimum Gasteiger partial charge on any atom is -0.334 e. The molecule has 2 fully saturated rings. The number of urea groups is 1. The highest BCUT2D eigenvalue weighted by atomic mass is 16.2. The van der Waals surface area contributed by atoms with Crippen LogP contribution in [0.4, 0.5) is 10.5 Å². The first-order valence-electron chi connectivity index (χ1n) is 10.4. The number of anilines is 1. The van der Waals surface area contributed by atoms with E-state index in [4.69, 9.17) is 0 Å². The molecule has 0 aliphatic carbocycles. The maximum atomic E-state index is 12.3. The third-order valence-electron chi connectivity index (χ3n) is 5.82.